The number of rotatable bonds is 5. The summed E-state index contributed by atoms with van der Waals surface area (Å²) in [5, 5.41) is 12.2. The molecule has 0 aliphatic carbocycles. The average Bonchev–Trinajstić information content (AvgIpc) is 2.34. The number of carbonyl (C=O) groups is 1. The van der Waals surface area contributed by atoms with Gasteiger partial charge in [0.1, 0.15) is 0 Å². The largest absolute Gasteiger partial charge is 0.395 e. The number of aryl methyl sites for hydroxylation is 1. The van der Waals surface area contributed by atoms with Crippen LogP contribution in [0.5, 0.6) is 0 Å². The third-order valence-corrected chi connectivity index (χ3v) is 3.09. The van der Waals surface area contributed by atoms with E-state index in [1.807, 2.05) is 26.0 Å². The lowest BCUT2D eigenvalue weighted by Crippen LogP contribution is -2.37. The lowest BCUT2D eigenvalue weighted by atomic mass is 10.2. The van der Waals surface area contributed by atoms with Crippen molar-refractivity contribution in [2.24, 2.45) is 0 Å². The second kappa shape index (κ2) is 7.24. The fraction of sp³-hybridized carbons (Fsp3) is 0.462. The zero-order chi connectivity index (χ0) is 13.5. The first-order valence-corrected chi connectivity index (χ1v) is 6.39. The van der Waals surface area contributed by atoms with Gasteiger partial charge in [0, 0.05) is 13.1 Å². The predicted molar refractivity (Wildman–Crippen MR) is 74.2 cm³/mol. The lowest BCUT2D eigenvalue weighted by molar-refractivity contribution is 0.188. The zero-order valence-corrected chi connectivity index (χ0v) is 11.5. The SMILES string of the molecule is CCCN(CCO)C(=O)Nc1cccc(C)c1Cl. The monoisotopic (exact) mass is 270 g/mol. The van der Waals surface area contributed by atoms with Crippen LogP contribution in [0.3, 0.4) is 0 Å². The van der Waals surface area contributed by atoms with Gasteiger partial charge < -0.3 is 15.3 Å². The second-order valence-corrected chi connectivity index (χ2v) is 4.46. The van der Waals surface area contributed by atoms with E-state index < -0.39 is 0 Å². The van der Waals surface area contributed by atoms with E-state index in [9.17, 15) is 4.79 Å². The summed E-state index contributed by atoms with van der Waals surface area (Å²) in [7, 11) is 0. The number of nitrogens with zero attached hydrogens (tertiary/aromatic N) is 1. The Hall–Kier alpha value is -1.26. The Labute approximate surface area is 113 Å². The maximum atomic E-state index is 12.0. The summed E-state index contributed by atoms with van der Waals surface area (Å²) in [5.74, 6) is 0. The molecule has 0 atom stereocenters. The molecule has 100 valence electrons. The summed E-state index contributed by atoms with van der Waals surface area (Å²) in [6, 6.07) is 5.25. The van der Waals surface area contributed by atoms with Crippen LogP contribution in [0.4, 0.5) is 10.5 Å². The minimum Gasteiger partial charge on any atom is -0.395 e. The highest BCUT2D eigenvalue weighted by Gasteiger charge is 2.13. The molecule has 1 rings (SSSR count). The summed E-state index contributed by atoms with van der Waals surface area (Å²) in [6.07, 6.45) is 0.842. The molecule has 0 radical (unpaired) electrons. The molecule has 0 fully saturated rings. The van der Waals surface area contributed by atoms with E-state index >= 15 is 0 Å². The summed E-state index contributed by atoms with van der Waals surface area (Å²) >= 11 is 6.11. The molecule has 2 amide bonds. The maximum absolute atomic E-state index is 12.0. The highest BCUT2D eigenvalue weighted by Crippen LogP contribution is 2.25. The van der Waals surface area contributed by atoms with E-state index in [0.717, 1.165) is 12.0 Å². The van der Waals surface area contributed by atoms with Crippen molar-refractivity contribution in [3.8, 4) is 0 Å². The lowest BCUT2D eigenvalue weighted by Gasteiger charge is -2.22. The number of aliphatic hydroxyl groups is 1. The van der Waals surface area contributed by atoms with Gasteiger partial charge in [-0.2, -0.15) is 0 Å². The normalized spacial score (nSPS) is 10.2. The Morgan fingerprint density at radius 2 is 2.17 bits per heavy atom. The van der Waals surface area contributed by atoms with Gasteiger partial charge >= 0.3 is 6.03 Å². The third kappa shape index (κ3) is 3.89. The minimum absolute atomic E-state index is 0.0467. The van der Waals surface area contributed by atoms with Gasteiger partial charge in [0.25, 0.3) is 0 Å². The number of benzene rings is 1. The Balaban J connectivity index is 2.75. The summed E-state index contributed by atoms with van der Waals surface area (Å²) in [5.41, 5.74) is 1.51. The first-order chi connectivity index (χ1) is 8.60. The van der Waals surface area contributed by atoms with E-state index in [4.69, 9.17) is 16.7 Å². The first-order valence-electron chi connectivity index (χ1n) is 6.02. The van der Waals surface area contributed by atoms with Gasteiger partial charge in [0.15, 0.2) is 0 Å². The number of halogens is 1. The van der Waals surface area contributed by atoms with Crippen LogP contribution in [-0.4, -0.2) is 35.7 Å². The number of carbonyl (C=O) groups excluding carboxylic acids is 1. The van der Waals surface area contributed by atoms with Crippen molar-refractivity contribution in [3.63, 3.8) is 0 Å². The number of hydrogen-bond donors (Lipinski definition) is 2. The summed E-state index contributed by atoms with van der Waals surface area (Å²) in [6.45, 7) is 4.75. The first kappa shape index (κ1) is 14.8. The molecule has 0 saturated carbocycles. The van der Waals surface area contributed by atoms with Crippen LogP contribution < -0.4 is 5.32 Å². The highest BCUT2D eigenvalue weighted by molar-refractivity contribution is 6.34. The van der Waals surface area contributed by atoms with Gasteiger partial charge in [0.2, 0.25) is 0 Å². The number of urea groups is 1. The van der Waals surface area contributed by atoms with Crippen molar-refractivity contribution in [3.05, 3.63) is 28.8 Å². The molecule has 0 aliphatic heterocycles. The number of anilines is 1. The highest BCUT2D eigenvalue weighted by atomic mass is 35.5. The van der Waals surface area contributed by atoms with Gasteiger partial charge in [0.05, 0.1) is 17.3 Å². The molecule has 18 heavy (non-hydrogen) atoms. The molecule has 0 spiro atoms. The standard InChI is InChI=1S/C13H19ClN2O2/c1-3-7-16(8-9-17)13(18)15-11-6-4-5-10(2)12(11)14/h4-6,17H,3,7-9H2,1-2H3,(H,15,18). The van der Waals surface area contributed by atoms with Gasteiger partial charge in [-0.05, 0) is 25.0 Å². The molecule has 0 heterocycles. The summed E-state index contributed by atoms with van der Waals surface area (Å²) in [4.78, 5) is 13.6. The number of aliphatic hydroxyl groups excluding tert-OH is 1. The minimum atomic E-state index is -0.238. The van der Waals surface area contributed by atoms with Crippen LogP contribution in [0.1, 0.15) is 18.9 Å². The molecule has 0 aliphatic rings. The predicted octanol–water partition coefficient (Wildman–Crippen LogP) is 2.88. The van der Waals surface area contributed by atoms with Crippen LogP contribution in [0.25, 0.3) is 0 Å². The molecule has 0 bridgehead atoms. The van der Waals surface area contributed by atoms with Gasteiger partial charge in [-0.1, -0.05) is 30.7 Å². The summed E-state index contributed by atoms with van der Waals surface area (Å²) < 4.78 is 0. The second-order valence-electron chi connectivity index (χ2n) is 4.08. The molecular formula is C13H19ClN2O2. The van der Waals surface area contributed by atoms with Crippen LogP contribution in [0, 0.1) is 6.92 Å². The molecule has 0 saturated heterocycles. The number of hydrogen-bond acceptors (Lipinski definition) is 2. The van der Waals surface area contributed by atoms with Crippen LogP contribution in [-0.2, 0) is 0 Å². The smallest absolute Gasteiger partial charge is 0.321 e. The van der Waals surface area contributed by atoms with Gasteiger partial charge in [-0.25, -0.2) is 4.79 Å². The van der Waals surface area contributed by atoms with E-state index in [0.29, 0.717) is 23.8 Å². The van der Waals surface area contributed by atoms with E-state index in [2.05, 4.69) is 5.32 Å². The maximum Gasteiger partial charge on any atom is 0.321 e. The van der Waals surface area contributed by atoms with Crippen molar-refractivity contribution in [2.75, 3.05) is 25.0 Å². The molecule has 1 aromatic carbocycles. The van der Waals surface area contributed by atoms with Gasteiger partial charge in [-0.3, -0.25) is 0 Å². The van der Waals surface area contributed by atoms with Gasteiger partial charge in [-0.15, -0.1) is 0 Å². The Morgan fingerprint density at radius 3 is 2.78 bits per heavy atom. The molecule has 0 unspecified atom stereocenters. The topological polar surface area (TPSA) is 52.6 Å². The molecule has 0 aromatic heterocycles. The van der Waals surface area contributed by atoms with Crippen molar-refractivity contribution in [1.82, 2.24) is 4.90 Å². The number of amides is 2. The molecule has 2 N–H and O–H groups in total. The van der Waals surface area contributed by atoms with Crippen LogP contribution in [0.15, 0.2) is 18.2 Å². The fourth-order valence-corrected chi connectivity index (χ4v) is 1.82. The van der Waals surface area contributed by atoms with Crippen molar-refractivity contribution in [1.29, 1.82) is 0 Å². The fourth-order valence-electron chi connectivity index (χ4n) is 1.64. The van der Waals surface area contributed by atoms with E-state index in [-0.39, 0.29) is 12.6 Å². The molecule has 4 nitrogen and oxygen atoms in total. The van der Waals surface area contributed by atoms with Crippen LogP contribution >= 0.6 is 11.6 Å². The number of nitrogens with one attached hydrogen (secondary N) is 1. The van der Waals surface area contributed by atoms with Crippen molar-refractivity contribution < 1.29 is 9.90 Å². The van der Waals surface area contributed by atoms with Crippen molar-refractivity contribution in [2.45, 2.75) is 20.3 Å². The van der Waals surface area contributed by atoms with Crippen LogP contribution in [0.2, 0.25) is 5.02 Å². The quantitative estimate of drug-likeness (QED) is 0.864. The van der Waals surface area contributed by atoms with Crippen molar-refractivity contribution >= 4 is 23.3 Å². The Kier molecular flexibility index (Phi) is 5.95. The molecule has 5 heteroatoms. The molecular weight excluding hydrogens is 252 g/mol. The third-order valence-electron chi connectivity index (χ3n) is 2.58. The Bertz CT molecular complexity index is 404. The Morgan fingerprint density at radius 1 is 1.44 bits per heavy atom. The van der Waals surface area contributed by atoms with E-state index in [1.165, 1.54) is 0 Å². The molecule has 1 aromatic rings. The van der Waals surface area contributed by atoms with E-state index in [1.54, 1.807) is 11.0 Å². The zero-order valence-electron chi connectivity index (χ0n) is 10.7. The average molecular weight is 271 g/mol.